The number of aromatic carboxylic acids is 1. The minimum atomic E-state index is -1.15. The highest BCUT2D eigenvalue weighted by molar-refractivity contribution is 9.10. The Morgan fingerprint density at radius 1 is 1.04 bits per heavy atom. The fourth-order valence-electron chi connectivity index (χ4n) is 2.36. The summed E-state index contributed by atoms with van der Waals surface area (Å²) in [6.45, 7) is 0. The molecule has 0 aliphatic rings. The van der Waals surface area contributed by atoms with Crippen LogP contribution in [0.3, 0.4) is 0 Å². The van der Waals surface area contributed by atoms with Crippen molar-refractivity contribution < 1.29 is 14.7 Å². The summed E-state index contributed by atoms with van der Waals surface area (Å²) >= 11 is 16.5. The number of carbonyl (C=O) groups excluding carboxylic acids is 1. The van der Waals surface area contributed by atoms with Crippen LogP contribution in [-0.2, 0) is 0 Å². The van der Waals surface area contributed by atoms with E-state index >= 15 is 0 Å². The molecule has 1 amide bonds. The summed E-state index contributed by atoms with van der Waals surface area (Å²) in [6, 6.07) is 11.6. The normalized spacial score (nSPS) is 10.6. The van der Waals surface area contributed by atoms with E-state index in [9.17, 15) is 14.7 Å². The van der Waals surface area contributed by atoms with Gasteiger partial charge in [-0.2, -0.15) is 0 Å². The van der Waals surface area contributed by atoms with Crippen LogP contribution in [0.4, 0.5) is 5.00 Å². The van der Waals surface area contributed by atoms with Crippen LogP contribution >= 0.6 is 50.5 Å². The number of carbonyl (C=O) groups is 2. The molecule has 4 nitrogen and oxygen atoms in total. The Morgan fingerprint density at radius 2 is 1.65 bits per heavy atom. The second-order valence-electron chi connectivity index (χ2n) is 5.28. The number of thiophene rings is 1. The summed E-state index contributed by atoms with van der Waals surface area (Å²) < 4.78 is 0.844. The van der Waals surface area contributed by atoms with E-state index in [4.69, 9.17) is 23.2 Å². The van der Waals surface area contributed by atoms with Crippen LogP contribution in [-0.4, -0.2) is 17.0 Å². The molecule has 1 heterocycles. The van der Waals surface area contributed by atoms with Crippen LogP contribution in [0, 0.1) is 0 Å². The van der Waals surface area contributed by atoms with Crippen molar-refractivity contribution in [1.82, 2.24) is 0 Å². The number of hydrogen-bond donors (Lipinski definition) is 2. The van der Waals surface area contributed by atoms with E-state index < -0.39 is 11.9 Å². The Balaban J connectivity index is 1.98. The maximum Gasteiger partial charge on any atom is 0.339 e. The molecule has 8 heteroatoms. The van der Waals surface area contributed by atoms with Crippen molar-refractivity contribution in [2.24, 2.45) is 0 Å². The van der Waals surface area contributed by atoms with E-state index in [0.29, 0.717) is 26.7 Å². The second-order valence-corrected chi connectivity index (χ2v) is 7.95. The molecule has 0 aliphatic carbocycles. The first-order valence-electron chi connectivity index (χ1n) is 7.23. The Bertz CT molecular complexity index is 982. The summed E-state index contributed by atoms with van der Waals surface area (Å²) in [5.74, 6) is -1.54. The zero-order chi connectivity index (χ0) is 18.8. The zero-order valence-electron chi connectivity index (χ0n) is 12.9. The smallest absolute Gasteiger partial charge is 0.339 e. The number of carboxylic acid groups (broad SMARTS) is 1. The molecule has 3 rings (SSSR count). The summed E-state index contributed by atoms with van der Waals surface area (Å²) in [5, 5.41) is 15.0. The van der Waals surface area contributed by atoms with Gasteiger partial charge in [-0.3, -0.25) is 4.79 Å². The van der Waals surface area contributed by atoms with Gasteiger partial charge in [0, 0.05) is 31.0 Å². The van der Waals surface area contributed by atoms with E-state index in [2.05, 4.69) is 21.2 Å². The van der Waals surface area contributed by atoms with Gasteiger partial charge in [0.25, 0.3) is 5.91 Å². The van der Waals surface area contributed by atoms with Crippen LogP contribution in [0.15, 0.2) is 52.3 Å². The molecule has 0 bridgehead atoms. The van der Waals surface area contributed by atoms with Crippen molar-refractivity contribution in [3.05, 3.63) is 73.5 Å². The van der Waals surface area contributed by atoms with E-state index in [-0.39, 0.29) is 10.6 Å². The Morgan fingerprint density at radius 3 is 2.23 bits per heavy atom. The highest BCUT2D eigenvalue weighted by atomic mass is 79.9. The van der Waals surface area contributed by atoms with Crippen molar-refractivity contribution >= 4 is 67.3 Å². The Kier molecular flexibility index (Phi) is 5.67. The highest BCUT2D eigenvalue weighted by Gasteiger charge is 2.22. The van der Waals surface area contributed by atoms with Crippen LogP contribution in [0.1, 0.15) is 20.7 Å². The minimum Gasteiger partial charge on any atom is -0.478 e. The first kappa shape index (κ1) is 18.9. The maximum absolute atomic E-state index is 12.4. The molecule has 1 aromatic heterocycles. The van der Waals surface area contributed by atoms with Crippen molar-refractivity contribution in [1.29, 1.82) is 0 Å². The largest absolute Gasteiger partial charge is 0.478 e. The van der Waals surface area contributed by atoms with Gasteiger partial charge in [0.15, 0.2) is 0 Å². The molecule has 0 saturated heterocycles. The number of hydrogen-bond acceptors (Lipinski definition) is 3. The van der Waals surface area contributed by atoms with Gasteiger partial charge in [-0.15, -0.1) is 11.3 Å². The predicted octanol–water partition coefficient (Wildman–Crippen LogP) is 6.43. The Labute approximate surface area is 171 Å². The molecule has 0 unspecified atom stereocenters. The first-order valence-corrected chi connectivity index (χ1v) is 9.66. The van der Waals surface area contributed by atoms with E-state index in [1.807, 2.05) is 0 Å². The molecule has 2 aromatic carbocycles. The third kappa shape index (κ3) is 4.10. The van der Waals surface area contributed by atoms with Crippen molar-refractivity contribution in [3.8, 4) is 11.1 Å². The van der Waals surface area contributed by atoms with Gasteiger partial charge in [0.2, 0.25) is 0 Å². The summed E-state index contributed by atoms with van der Waals surface area (Å²) in [6.07, 6.45) is 0. The molecular formula is C18H10BrCl2NO3S. The first-order chi connectivity index (χ1) is 12.3. The topological polar surface area (TPSA) is 66.4 Å². The van der Waals surface area contributed by atoms with Gasteiger partial charge in [-0.05, 0) is 48.0 Å². The summed E-state index contributed by atoms with van der Waals surface area (Å²) in [5.41, 5.74) is 1.43. The fraction of sp³-hybridized carbons (Fsp3) is 0. The Hall–Kier alpha value is -1.86. The van der Waals surface area contributed by atoms with Gasteiger partial charge in [0.05, 0.1) is 0 Å². The molecule has 26 heavy (non-hydrogen) atoms. The quantitative estimate of drug-likeness (QED) is 0.461. The summed E-state index contributed by atoms with van der Waals surface area (Å²) in [4.78, 5) is 24.2. The van der Waals surface area contributed by atoms with Gasteiger partial charge < -0.3 is 10.4 Å². The number of halogens is 3. The molecule has 0 spiro atoms. The lowest BCUT2D eigenvalue weighted by Gasteiger charge is -2.07. The van der Waals surface area contributed by atoms with E-state index in [0.717, 1.165) is 15.8 Å². The van der Waals surface area contributed by atoms with Crippen molar-refractivity contribution in [2.75, 3.05) is 5.32 Å². The number of benzene rings is 2. The highest BCUT2D eigenvalue weighted by Crippen LogP contribution is 2.38. The third-order valence-corrected chi connectivity index (χ3v) is 5.37. The average molecular weight is 471 g/mol. The fourth-order valence-corrected chi connectivity index (χ4v) is 4.11. The number of carboxylic acids is 1. The van der Waals surface area contributed by atoms with Gasteiger partial charge in [-0.25, -0.2) is 4.79 Å². The minimum absolute atomic E-state index is 0.00112. The zero-order valence-corrected chi connectivity index (χ0v) is 16.8. The van der Waals surface area contributed by atoms with Gasteiger partial charge >= 0.3 is 5.97 Å². The third-order valence-electron chi connectivity index (χ3n) is 3.51. The second kappa shape index (κ2) is 7.80. The number of rotatable bonds is 4. The number of nitrogens with one attached hydrogen (secondary N) is 1. The predicted molar refractivity (Wildman–Crippen MR) is 109 cm³/mol. The molecule has 0 fully saturated rings. The SMILES string of the molecule is O=C(Nc1scc(-c2cc(Cl)cc(Cl)c2)c1C(=O)O)c1ccc(Br)cc1. The monoisotopic (exact) mass is 469 g/mol. The molecule has 0 aliphatic heterocycles. The van der Waals surface area contributed by atoms with Gasteiger partial charge in [0.1, 0.15) is 10.6 Å². The lowest BCUT2D eigenvalue weighted by atomic mass is 10.0. The van der Waals surface area contributed by atoms with Crippen LogP contribution in [0.2, 0.25) is 10.0 Å². The standard InChI is InChI=1S/C18H10BrCl2NO3S/c19-11-3-1-9(2-4-11)16(23)22-17-15(18(24)25)14(8-26-17)10-5-12(20)7-13(21)6-10/h1-8H,(H,22,23)(H,24,25). The maximum atomic E-state index is 12.4. The molecule has 0 saturated carbocycles. The molecule has 0 radical (unpaired) electrons. The summed E-state index contributed by atoms with van der Waals surface area (Å²) in [7, 11) is 0. The molecular weight excluding hydrogens is 461 g/mol. The number of amides is 1. The van der Waals surface area contributed by atoms with Crippen LogP contribution in [0.5, 0.6) is 0 Å². The van der Waals surface area contributed by atoms with E-state index in [1.54, 1.807) is 47.8 Å². The molecule has 3 aromatic rings. The average Bonchev–Trinajstić information content (AvgIpc) is 2.98. The van der Waals surface area contributed by atoms with Crippen LogP contribution in [0.25, 0.3) is 11.1 Å². The molecule has 0 atom stereocenters. The van der Waals surface area contributed by atoms with E-state index in [1.165, 1.54) is 0 Å². The molecule has 132 valence electrons. The lowest BCUT2D eigenvalue weighted by molar-refractivity contribution is 0.0699. The van der Waals surface area contributed by atoms with Crippen molar-refractivity contribution in [3.63, 3.8) is 0 Å². The van der Waals surface area contributed by atoms with Crippen LogP contribution < -0.4 is 5.32 Å². The van der Waals surface area contributed by atoms with Crippen molar-refractivity contribution in [2.45, 2.75) is 0 Å². The number of anilines is 1. The lowest BCUT2D eigenvalue weighted by Crippen LogP contribution is -2.13. The van der Waals surface area contributed by atoms with Gasteiger partial charge in [-0.1, -0.05) is 39.1 Å². The molecule has 2 N–H and O–H groups in total.